The fourth-order valence-corrected chi connectivity index (χ4v) is 2.97. The Morgan fingerprint density at radius 1 is 1.40 bits per heavy atom. The van der Waals surface area contributed by atoms with Crippen LogP contribution in [-0.2, 0) is 9.47 Å². The second-order valence-corrected chi connectivity index (χ2v) is 6.16. The second kappa shape index (κ2) is 9.72. The maximum atomic E-state index is 5.80. The fraction of sp³-hybridized carbons (Fsp3) is 1.00. The first-order chi connectivity index (χ1) is 9.67. The van der Waals surface area contributed by atoms with Crippen LogP contribution in [0.15, 0.2) is 0 Å². The van der Waals surface area contributed by atoms with Crippen molar-refractivity contribution in [2.75, 3.05) is 53.1 Å². The lowest BCUT2D eigenvalue weighted by Crippen LogP contribution is -2.51. The summed E-state index contributed by atoms with van der Waals surface area (Å²) >= 11 is 0. The lowest BCUT2D eigenvalue weighted by molar-refractivity contribution is -0.0352. The lowest BCUT2D eigenvalue weighted by Gasteiger charge is -2.43. The first-order valence-corrected chi connectivity index (χ1v) is 8.19. The Kier molecular flexibility index (Phi) is 8.69. The molecule has 0 aromatic heterocycles. The van der Waals surface area contributed by atoms with Crippen LogP contribution in [0.5, 0.6) is 0 Å². The summed E-state index contributed by atoms with van der Waals surface area (Å²) in [6.45, 7) is 13.6. The summed E-state index contributed by atoms with van der Waals surface area (Å²) in [6, 6.07) is 0.602. The summed E-state index contributed by atoms with van der Waals surface area (Å²) in [5.74, 6) is 0. The number of rotatable bonds is 10. The zero-order chi connectivity index (χ0) is 14.8. The predicted molar refractivity (Wildman–Crippen MR) is 84.2 cm³/mol. The number of hydrogen-bond acceptors (Lipinski definition) is 4. The predicted octanol–water partition coefficient (Wildman–Crippen LogP) is 2.14. The van der Waals surface area contributed by atoms with Crippen molar-refractivity contribution >= 4 is 0 Å². The molecule has 4 heteroatoms. The van der Waals surface area contributed by atoms with E-state index in [1.807, 2.05) is 0 Å². The van der Waals surface area contributed by atoms with Crippen molar-refractivity contribution in [1.29, 1.82) is 0 Å². The molecule has 2 atom stereocenters. The number of nitrogens with one attached hydrogen (secondary N) is 1. The molecular weight excluding hydrogens is 252 g/mol. The molecule has 0 saturated carbocycles. The molecule has 1 saturated heterocycles. The molecule has 1 N–H and O–H groups in total. The van der Waals surface area contributed by atoms with Crippen LogP contribution < -0.4 is 5.32 Å². The Hall–Kier alpha value is -0.160. The third-order valence-corrected chi connectivity index (χ3v) is 4.49. The summed E-state index contributed by atoms with van der Waals surface area (Å²) in [5.41, 5.74) is 0.269. The van der Waals surface area contributed by atoms with Crippen LogP contribution in [0.3, 0.4) is 0 Å². The highest BCUT2D eigenvalue weighted by Crippen LogP contribution is 2.30. The molecule has 1 aliphatic rings. The third-order valence-electron chi connectivity index (χ3n) is 4.49. The average Bonchev–Trinajstić information content (AvgIpc) is 2.49. The van der Waals surface area contributed by atoms with E-state index in [4.69, 9.17) is 9.47 Å². The quantitative estimate of drug-likeness (QED) is 0.667. The second-order valence-electron chi connectivity index (χ2n) is 6.16. The van der Waals surface area contributed by atoms with Crippen LogP contribution in [0.1, 0.15) is 40.0 Å². The van der Waals surface area contributed by atoms with E-state index < -0.39 is 0 Å². The first kappa shape index (κ1) is 17.9. The number of nitrogens with zero attached hydrogens (tertiary/aromatic N) is 1. The summed E-state index contributed by atoms with van der Waals surface area (Å²) < 4.78 is 11.1. The molecule has 120 valence electrons. The standard InChI is InChI=1S/C16H34N2O2/c1-5-15(3)18(9-11-19-4)13-16(12-17-6-2)8-7-10-20-14-16/h15,17H,5-14H2,1-4H3. The zero-order valence-corrected chi connectivity index (χ0v) is 13.9. The van der Waals surface area contributed by atoms with Crippen molar-refractivity contribution in [3.05, 3.63) is 0 Å². The van der Waals surface area contributed by atoms with Crippen molar-refractivity contribution in [3.8, 4) is 0 Å². The molecule has 1 heterocycles. The largest absolute Gasteiger partial charge is 0.383 e. The highest BCUT2D eigenvalue weighted by Gasteiger charge is 2.35. The minimum absolute atomic E-state index is 0.269. The summed E-state index contributed by atoms with van der Waals surface area (Å²) in [6.07, 6.45) is 3.63. The minimum atomic E-state index is 0.269. The van der Waals surface area contributed by atoms with Crippen LogP contribution in [0.25, 0.3) is 0 Å². The SMILES string of the molecule is CCNCC1(CN(CCOC)C(C)CC)CCCOC1. The zero-order valence-electron chi connectivity index (χ0n) is 13.9. The van der Waals surface area contributed by atoms with Gasteiger partial charge in [-0.2, -0.15) is 0 Å². The van der Waals surface area contributed by atoms with E-state index in [9.17, 15) is 0 Å². The molecule has 0 aliphatic carbocycles. The van der Waals surface area contributed by atoms with E-state index in [-0.39, 0.29) is 5.41 Å². The molecule has 0 radical (unpaired) electrons. The van der Waals surface area contributed by atoms with Gasteiger partial charge in [0.15, 0.2) is 0 Å². The molecular formula is C16H34N2O2. The molecule has 2 unspecified atom stereocenters. The van der Waals surface area contributed by atoms with Crippen molar-refractivity contribution in [2.45, 2.75) is 46.1 Å². The highest BCUT2D eigenvalue weighted by molar-refractivity contribution is 4.88. The summed E-state index contributed by atoms with van der Waals surface area (Å²) in [4.78, 5) is 2.58. The van der Waals surface area contributed by atoms with Crippen molar-refractivity contribution < 1.29 is 9.47 Å². The fourth-order valence-electron chi connectivity index (χ4n) is 2.97. The van der Waals surface area contributed by atoms with Gasteiger partial charge in [0, 0.05) is 44.8 Å². The molecule has 0 spiro atoms. The van der Waals surface area contributed by atoms with Crippen molar-refractivity contribution in [1.82, 2.24) is 10.2 Å². The molecule has 0 bridgehead atoms. The minimum Gasteiger partial charge on any atom is -0.383 e. The Morgan fingerprint density at radius 2 is 2.20 bits per heavy atom. The van der Waals surface area contributed by atoms with Crippen molar-refractivity contribution in [2.24, 2.45) is 5.41 Å². The number of ether oxygens (including phenoxy) is 2. The van der Waals surface area contributed by atoms with Crippen LogP contribution in [0.4, 0.5) is 0 Å². The van der Waals surface area contributed by atoms with Gasteiger partial charge in [-0.3, -0.25) is 4.90 Å². The van der Waals surface area contributed by atoms with Gasteiger partial charge in [0.05, 0.1) is 13.2 Å². The topological polar surface area (TPSA) is 33.7 Å². The average molecular weight is 286 g/mol. The number of methoxy groups -OCH3 is 1. The first-order valence-electron chi connectivity index (χ1n) is 8.19. The monoisotopic (exact) mass is 286 g/mol. The van der Waals surface area contributed by atoms with Gasteiger partial charge in [0.1, 0.15) is 0 Å². The van der Waals surface area contributed by atoms with Gasteiger partial charge in [-0.1, -0.05) is 13.8 Å². The normalized spacial score (nSPS) is 25.1. The highest BCUT2D eigenvalue weighted by atomic mass is 16.5. The van der Waals surface area contributed by atoms with Crippen LogP contribution in [-0.4, -0.2) is 64.1 Å². The van der Waals surface area contributed by atoms with E-state index in [0.29, 0.717) is 6.04 Å². The van der Waals surface area contributed by atoms with E-state index in [1.165, 1.54) is 19.3 Å². The smallest absolute Gasteiger partial charge is 0.0589 e. The van der Waals surface area contributed by atoms with Gasteiger partial charge < -0.3 is 14.8 Å². The van der Waals surface area contributed by atoms with Gasteiger partial charge >= 0.3 is 0 Å². The van der Waals surface area contributed by atoms with Gasteiger partial charge in [0.25, 0.3) is 0 Å². The molecule has 4 nitrogen and oxygen atoms in total. The Bertz CT molecular complexity index is 243. The van der Waals surface area contributed by atoms with Gasteiger partial charge in [-0.25, -0.2) is 0 Å². The van der Waals surface area contributed by atoms with E-state index in [2.05, 4.69) is 31.0 Å². The summed E-state index contributed by atoms with van der Waals surface area (Å²) in [7, 11) is 1.78. The Balaban J connectivity index is 2.66. The molecule has 1 fully saturated rings. The Morgan fingerprint density at radius 3 is 2.75 bits per heavy atom. The van der Waals surface area contributed by atoms with Crippen LogP contribution in [0, 0.1) is 5.41 Å². The van der Waals surface area contributed by atoms with Gasteiger partial charge in [0.2, 0.25) is 0 Å². The molecule has 20 heavy (non-hydrogen) atoms. The van der Waals surface area contributed by atoms with Gasteiger partial charge in [-0.15, -0.1) is 0 Å². The maximum Gasteiger partial charge on any atom is 0.0589 e. The molecule has 1 aliphatic heterocycles. The molecule has 1 rings (SSSR count). The maximum absolute atomic E-state index is 5.80. The van der Waals surface area contributed by atoms with E-state index >= 15 is 0 Å². The van der Waals surface area contributed by atoms with Crippen LogP contribution in [0.2, 0.25) is 0 Å². The lowest BCUT2D eigenvalue weighted by atomic mass is 9.81. The van der Waals surface area contributed by atoms with Gasteiger partial charge in [-0.05, 0) is 32.7 Å². The Labute approximate surface area is 125 Å². The van der Waals surface area contributed by atoms with E-state index in [0.717, 1.165) is 46.0 Å². The van der Waals surface area contributed by atoms with E-state index in [1.54, 1.807) is 7.11 Å². The molecule has 0 amide bonds. The molecule has 0 aromatic rings. The number of hydrogen-bond donors (Lipinski definition) is 1. The van der Waals surface area contributed by atoms with Crippen molar-refractivity contribution in [3.63, 3.8) is 0 Å². The molecule has 0 aromatic carbocycles. The third kappa shape index (κ3) is 5.68. The summed E-state index contributed by atoms with van der Waals surface area (Å²) in [5, 5.41) is 3.54. The van der Waals surface area contributed by atoms with Crippen LogP contribution >= 0.6 is 0 Å².